The Labute approximate surface area is 163 Å². The van der Waals surface area contributed by atoms with Crippen LogP contribution in [0.4, 0.5) is 11.4 Å². The van der Waals surface area contributed by atoms with Crippen molar-refractivity contribution in [1.29, 1.82) is 0 Å². The van der Waals surface area contributed by atoms with Crippen molar-refractivity contribution < 1.29 is 13.5 Å². The van der Waals surface area contributed by atoms with Crippen LogP contribution in [0.25, 0.3) is 0 Å². The molecule has 0 radical (unpaired) electrons. The van der Waals surface area contributed by atoms with Gasteiger partial charge in [0.1, 0.15) is 5.69 Å². The van der Waals surface area contributed by atoms with E-state index in [1.165, 1.54) is 16.4 Å². The molecule has 0 saturated carbocycles. The molecule has 0 heterocycles. The van der Waals surface area contributed by atoms with E-state index >= 15 is 0 Å². The number of halogens is 2. The Hall–Kier alpha value is -1.29. The summed E-state index contributed by atoms with van der Waals surface area (Å²) < 4.78 is 27.5. The molecule has 2 aromatic carbocycles. The second kappa shape index (κ2) is 8.39. The maximum absolute atomic E-state index is 12.4. The molecule has 0 unspecified atom stereocenters. The van der Waals surface area contributed by atoms with E-state index in [9.17, 15) is 13.5 Å². The highest BCUT2D eigenvalue weighted by atomic mass is 79.9. The van der Waals surface area contributed by atoms with Crippen LogP contribution < -0.4 is 0 Å². The zero-order valence-electron chi connectivity index (χ0n) is 13.6. The molecule has 134 valence electrons. The van der Waals surface area contributed by atoms with Gasteiger partial charge in [0.15, 0.2) is 5.75 Å². The van der Waals surface area contributed by atoms with E-state index < -0.39 is 10.0 Å². The SMILES string of the molecule is CCN(CC)S(=O)(=O)c1ccc(N=Nc2cc(Br)cc(Br)c2O)cc1. The Kier molecular flexibility index (Phi) is 6.72. The fourth-order valence-corrected chi connectivity index (χ4v) is 4.80. The topological polar surface area (TPSA) is 82.3 Å². The minimum Gasteiger partial charge on any atom is -0.505 e. The number of azo groups is 1. The van der Waals surface area contributed by atoms with E-state index in [0.717, 1.165) is 4.47 Å². The predicted octanol–water partition coefficient (Wildman–Crippen LogP) is 5.36. The summed E-state index contributed by atoms with van der Waals surface area (Å²) in [5.74, 6) is -0.0207. The van der Waals surface area contributed by atoms with E-state index in [4.69, 9.17) is 0 Å². The monoisotopic (exact) mass is 489 g/mol. The molecule has 0 bridgehead atoms. The summed E-state index contributed by atoms with van der Waals surface area (Å²) in [6, 6.07) is 9.47. The molecule has 0 aliphatic heterocycles. The maximum atomic E-state index is 12.4. The van der Waals surface area contributed by atoms with Crippen molar-refractivity contribution in [3.63, 3.8) is 0 Å². The van der Waals surface area contributed by atoms with Crippen LogP contribution in [0.15, 0.2) is 60.5 Å². The number of sulfonamides is 1. The molecule has 2 aromatic rings. The van der Waals surface area contributed by atoms with Crippen molar-refractivity contribution in [3.8, 4) is 5.75 Å². The van der Waals surface area contributed by atoms with Gasteiger partial charge in [-0.3, -0.25) is 0 Å². The van der Waals surface area contributed by atoms with Gasteiger partial charge in [0.25, 0.3) is 0 Å². The van der Waals surface area contributed by atoms with Crippen molar-refractivity contribution in [2.24, 2.45) is 10.2 Å². The largest absolute Gasteiger partial charge is 0.505 e. The first-order valence-corrected chi connectivity index (χ1v) is 10.5. The van der Waals surface area contributed by atoms with Gasteiger partial charge < -0.3 is 5.11 Å². The Morgan fingerprint density at radius 3 is 2.20 bits per heavy atom. The maximum Gasteiger partial charge on any atom is 0.243 e. The zero-order valence-corrected chi connectivity index (χ0v) is 17.6. The van der Waals surface area contributed by atoms with Gasteiger partial charge in [-0.15, -0.1) is 5.11 Å². The van der Waals surface area contributed by atoms with Gasteiger partial charge in [0.05, 0.1) is 15.1 Å². The molecule has 0 saturated heterocycles. The molecule has 0 fully saturated rings. The van der Waals surface area contributed by atoms with Gasteiger partial charge in [-0.2, -0.15) is 9.42 Å². The number of hydrogen-bond donors (Lipinski definition) is 1. The average molecular weight is 491 g/mol. The summed E-state index contributed by atoms with van der Waals surface area (Å²) >= 11 is 6.55. The molecule has 25 heavy (non-hydrogen) atoms. The Balaban J connectivity index is 2.27. The highest BCUT2D eigenvalue weighted by molar-refractivity contribution is 9.11. The van der Waals surface area contributed by atoms with Gasteiger partial charge >= 0.3 is 0 Å². The second-order valence-electron chi connectivity index (χ2n) is 5.04. The van der Waals surface area contributed by atoms with Gasteiger partial charge in [-0.25, -0.2) is 8.42 Å². The van der Waals surface area contributed by atoms with Gasteiger partial charge in [0, 0.05) is 17.6 Å². The van der Waals surface area contributed by atoms with Crippen LogP contribution in [0.5, 0.6) is 5.75 Å². The lowest BCUT2D eigenvalue weighted by molar-refractivity contribution is 0.445. The first-order valence-electron chi connectivity index (χ1n) is 7.49. The lowest BCUT2D eigenvalue weighted by Crippen LogP contribution is -2.30. The molecule has 0 aliphatic rings. The molecule has 0 aliphatic carbocycles. The number of phenolic OH excluding ortho intramolecular Hbond substituents is 1. The summed E-state index contributed by atoms with van der Waals surface area (Å²) in [4.78, 5) is 0.211. The van der Waals surface area contributed by atoms with Crippen molar-refractivity contribution in [2.75, 3.05) is 13.1 Å². The van der Waals surface area contributed by atoms with Crippen molar-refractivity contribution in [2.45, 2.75) is 18.7 Å². The molecular formula is C16H17Br2N3O3S. The van der Waals surface area contributed by atoms with Crippen LogP contribution in [0.1, 0.15) is 13.8 Å². The van der Waals surface area contributed by atoms with E-state index in [2.05, 4.69) is 42.1 Å². The molecule has 1 N–H and O–H groups in total. The fraction of sp³-hybridized carbons (Fsp3) is 0.250. The molecule has 0 aromatic heterocycles. The third-order valence-corrected chi connectivity index (χ3v) is 6.59. The predicted molar refractivity (Wildman–Crippen MR) is 104 cm³/mol. The Morgan fingerprint density at radius 2 is 1.64 bits per heavy atom. The van der Waals surface area contributed by atoms with Crippen LogP contribution in [0, 0.1) is 0 Å². The summed E-state index contributed by atoms with van der Waals surface area (Å²) in [6.07, 6.45) is 0. The zero-order chi connectivity index (χ0) is 18.6. The average Bonchev–Trinajstić information content (AvgIpc) is 2.58. The molecule has 2 rings (SSSR count). The first kappa shape index (κ1) is 20.0. The third kappa shape index (κ3) is 4.66. The number of phenols is 1. The number of benzene rings is 2. The summed E-state index contributed by atoms with van der Waals surface area (Å²) in [5, 5.41) is 18.0. The number of aromatic hydroxyl groups is 1. The second-order valence-corrected chi connectivity index (χ2v) is 8.75. The molecular weight excluding hydrogens is 474 g/mol. The molecule has 0 spiro atoms. The van der Waals surface area contributed by atoms with Crippen molar-refractivity contribution >= 4 is 53.3 Å². The van der Waals surface area contributed by atoms with Gasteiger partial charge in [0.2, 0.25) is 10.0 Å². The fourth-order valence-electron chi connectivity index (χ4n) is 2.14. The third-order valence-electron chi connectivity index (χ3n) is 3.46. The Morgan fingerprint density at radius 1 is 1.04 bits per heavy atom. The standard InChI is InChI=1S/C16H17Br2N3O3S/c1-3-21(4-2)25(23,24)13-7-5-12(6-8-13)19-20-15-10-11(17)9-14(18)16(15)22/h5-10,22H,3-4H2,1-2H3. The quantitative estimate of drug-likeness (QED) is 0.553. The van der Waals surface area contributed by atoms with Crippen LogP contribution in [-0.2, 0) is 10.0 Å². The lowest BCUT2D eigenvalue weighted by atomic mass is 10.3. The minimum atomic E-state index is -3.49. The molecule has 0 atom stereocenters. The van der Waals surface area contributed by atoms with Gasteiger partial charge in [-0.1, -0.05) is 29.8 Å². The number of nitrogens with zero attached hydrogens (tertiary/aromatic N) is 3. The summed E-state index contributed by atoms with van der Waals surface area (Å²) in [5.41, 5.74) is 0.773. The van der Waals surface area contributed by atoms with Crippen LogP contribution in [0.3, 0.4) is 0 Å². The van der Waals surface area contributed by atoms with Crippen LogP contribution >= 0.6 is 31.9 Å². The van der Waals surface area contributed by atoms with Gasteiger partial charge in [-0.05, 0) is 52.3 Å². The van der Waals surface area contributed by atoms with Crippen molar-refractivity contribution in [3.05, 3.63) is 45.3 Å². The summed E-state index contributed by atoms with van der Waals surface area (Å²) in [7, 11) is -3.49. The normalized spacial score (nSPS) is 12.2. The van der Waals surface area contributed by atoms with E-state index in [-0.39, 0.29) is 10.6 Å². The summed E-state index contributed by atoms with van der Waals surface area (Å²) in [6.45, 7) is 4.42. The first-order chi connectivity index (χ1) is 11.8. The van der Waals surface area contributed by atoms with E-state index in [1.807, 2.05) is 0 Å². The number of rotatable bonds is 6. The Bertz CT molecular complexity index is 880. The highest BCUT2D eigenvalue weighted by Gasteiger charge is 2.21. The van der Waals surface area contributed by atoms with E-state index in [1.54, 1.807) is 38.1 Å². The molecule has 0 amide bonds. The van der Waals surface area contributed by atoms with Crippen LogP contribution in [0.2, 0.25) is 0 Å². The lowest BCUT2D eigenvalue weighted by Gasteiger charge is -2.18. The minimum absolute atomic E-state index is 0.0207. The number of hydrogen-bond acceptors (Lipinski definition) is 5. The van der Waals surface area contributed by atoms with Crippen LogP contribution in [-0.4, -0.2) is 30.9 Å². The smallest absolute Gasteiger partial charge is 0.243 e. The molecule has 9 heteroatoms. The van der Waals surface area contributed by atoms with Crippen molar-refractivity contribution in [1.82, 2.24) is 4.31 Å². The van der Waals surface area contributed by atoms with E-state index in [0.29, 0.717) is 28.9 Å². The molecule has 6 nitrogen and oxygen atoms in total. The highest BCUT2D eigenvalue weighted by Crippen LogP contribution is 2.38.